The normalized spacial score (nSPS) is 14.2. The molecule has 0 heterocycles. The lowest BCUT2D eigenvalue weighted by Crippen LogP contribution is -2.46. The van der Waals surface area contributed by atoms with Crippen molar-refractivity contribution in [1.82, 2.24) is 0 Å². The summed E-state index contributed by atoms with van der Waals surface area (Å²) in [4.78, 5) is 12.1. The van der Waals surface area contributed by atoms with Gasteiger partial charge in [-0.05, 0) is 16.7 Å². The van der Waals surface area contributed by atoms with Gasteiger partial charge in [-0.3, -0.25) is 4.18 Å². The van der Waals surface area contributed by atoms with Gasteiger partial charge in [0.2, 0.25) is 0 Å². The number of aldehydes is 1. The van der Waals surface area contributed by atoms with Gasteiger partial charge in [-0.2, -0.15) is 8.42 Å². The SMILES string of the molecule is CS(=O)(=O)OCC(OCc1ccccc1)C(OCc1ccccc1)C(C=O)OCc1ccccc1. The van der Waals surface area contributed by atoms with Gasteiger partial charge in [0, 0.05) is 0 Å². The molecule has 0 fully saturated rings. The summed E-state index contributed by atoms with van der Waals surface area (Å²) in [6.45, 7) is 0.195. The Morgan fingerprint density at radius 2 is 1.11 bits per heavy atom. The Labute approximate surface area is 206 Å². The van der Waals surface area contributed by atoms with Gasteiger partial charge in [0.05, 0.1) is 32.7 Å². The van der Waals surface area contributed by atoms with E-state index in [2.05, 4.69) is 0 Å². The van der Waals surface area contributed by atoms with Crippen molar-refractivity contribution in [1.29, 1.82) is 0 Å². The fourth-order valence-electron chi connectivity index (χ4n) is 3.36. The van der Waals surface area contributed by atoms with Crippen molar-refractivity contribution < 1.29 is 31.6 Å². The molecule has 3 aromatic rings. The first-order valence-electron chi connectivity index (χ1n) is 11.2. The van der Waals surface area contributed by atoms with Gasteiger partial charge >= 0.3 is 0 Å². The monoisotopic (exact) mass is 498 g/mol. The number of ether oxygens (including phenoxy) is 3. The summed E-state index contributed by atoms with van der Waals surface area (Å²) in [5.41, 5.74) is 2.65. The van der Waals surface area contributed by atoms with Crippen LogP contribution in [0.25, 0.3) is 0 Å². The highest BCUT2D eigenvalue weighted by molar-refractivity contribution is 7.85. The molecule has 8 heteroatoms. The topological polar surface area (TPSA) is 88.1 Å². The molecule has 0 aliphatic carbocycles. The van der Waals surface area contributed by atoms with Crippen molar-refractivity contribution in [2.24, 2.45) is 0 Å². The average Bonchev–Trinajstić information content (AvgIpc) is 2.88. The second-order valence-electron chi connectivity index (χ2n) is 7.98. The summed E-state index contributed by atoms with van der Waals surface area (Å²) >= 11 is 0. The van der Waals surface area contributed by atoms with E-state index in [1.807, 2.05) is 91.0 Å². The van der Waals surface area contributed by atoms with Gasteiger partial charge in [-0.15, -0.1) is 0 Å². The zero-order valence-electron chi connectivity index (χ0n) is 19.6. The van der Waals surface area contributed by atoms with Gasteiger partial charge in [0.1, 0.15) is 18.3 Å². The first-order chi connectivity index (χ1) is 16.9. The molecular weight excluding hydrogens is 468 g/mol. The van der Waals surface area contributed by atoms with Crippen LogP contribution < -0.4 is 0 Å². The predicted octanol–water partition coefficient (Wildman–Crippen LogP) is 3.92. The van der Waals surface area contributed by atoms with Gasteiger partial charge in [0.25, 0.3) is 10.1 Å². The van der Waals surface area contributed by atoms with E-state index < -0.39 is 28.4 Å². The Morgan fingerprint density at radius 1 is 0.686 bits per heavy atom. The van der Waals surface area contributed by atoms with Crippen molar-refractivity contribution in [2.45, 2.75) is 38.1 Å². The van der Waals surface area contributed by atoms with E-state index in [0.717, 1.165) is 22.9 Å². The van der Waals surface area contributed by atoms with Crippen LogP contribution in [0.1, 0.15) is 16.7 Å². The summed E-state index contributed by atoms with van der Waals surface area (Å²) < 4.78 is 46.7. The molecule has 3 rings (SSSR count). The molecule has 3 aromatic carbocycles. The molecule has 0 amide bonds. The summed E-state index contributed by atoms with van der Waals surface area (Å²) in [7, 11) is -3.76. The summed E-state index contributed by atoms with van der Waals surface area (Å²) in [5, 5.41) is 0. The maximum Gasteiger partial charge on any atom is 0.264 e. The van der Waals surface area contributed by atoms with E-state index >= 15 is 0 Å². The Hall–Kier alpha value is -2.88. The van der Waals surface area contributed by atoms with Crippen molar-refractivity contribution in [3.05, 3.63) is 108 Å². The molecule has 0 saturated carbocycles. The standard InChI is InChI=1S/C27H30O7S/c1-35(29,30)34-21-26(32-19-23-13-7-3-8-14-23)27(33-20-24-15-9-4-10-16-24)25(17-28)31-18-22-11-5-2-6-12-22/h2-17,25-27H,18-21H2,1H3. The molecule has 3 unspecified atom stereocenters. The number of hydrogen-bond acceptors (Lipinski definition) is 7. The van der Waals surface area contributed by atoms with Crippen LogP contribution in [0.15, 0.2) is 91.0 Å². The van der Waals surface area contributed by atoms with Crippen LogP contribution in [0, 0.1) is 0 Å². The molecule has 35 heavy (non-hydrogen) atoms. The molecule has 0 aliphatic heterocycles. The number of hydrogen-bond donors (Lipinski definition) is 0. The molecule has 0 N–H and O–H groups in total. The fraction of sp³-hybridized carbons (Fsp3) is 0.296. The highest BCUT2D eigenvalue weighted by atomic mass is 32.2. The van der Waals surface area contributed by atoms with Crippen molar-refractivity contribution >= 4 is 16.4 Å². The van der Waals surface area contributed by atoms with Crippen LogP contribution in [0.2, 0.25) is 0 Å². The van der Waals surface area contributed by atoms with E-state index in [1.165, 1.54) is 0 Å². The van der Waals surface area contributed by atoms with Crippen LogP contribution >= 0.6 is 0 Å². The average molecular weight is 499 g/mol. The Morgan fingerprint density at radius 3 is 1.54 bits per heavy atom. The lowest BCUT2D eigenvalue weighted by Gasteiger charge is -2.31. The third-order valence-corrected chi connectivity index (χ3v) is 5.71. The van der Waals surface area contributed by atoms with Gasteiger partial charge in [-0.1, -0.05) is 91.0 Å². The van der Waals surface area contributed by atoms with Gasteiger partial charge in [-0.25, -0.2) is 0 Å². The molecular formula is C27H30O7S. The Kier molecular flexibility index (Phi) is 10.6. The number of carbonyl (C=O) groups excluding carboxylic acids is 1. The highest BCUT2D eigenvalue weighted by Gasteiger charge is 2.33. The van der Waals surface area contributed by atoms with Crippen molar-refractivity contribution in [3.8, 4) is 0 Å². The van der Waals surface area contributed by atoms with Crippen molar-refractivity contribution in [2.75, 3.05) is 12.9 Å². The highest BCUT2D eigenvalue weighted by Crippen LogP contribution is 2.19. The molecule has 3 atom stereocenters. The van der Waals surface area contributed by atoms with Crippen LogP contribution in [0.4, 0.5) is 0 Å². The smallest absolute Gasteiger partial charge is 0.264 e. The lowest BCUT2D eigenvalue weighted by atomic mass is 10.1. The molecule has 0 radical (unpaired) electrons. The first kappa shape index (κ1) is 26.7. The third-order valence-electron chi connectivity index (χ3n) is 5.15. The van der Waals surface area contributed by atoms with E-state index in [1.54, 1.807) is 0 Å². The quantitative estimate of drug-likeness (QED) is 0.232. The van der Waals surface area contributed by atoms with Gasteiger partial charge < -0.3 is 19.0 Å². The minimum absolute atomic E-state index is 0.174. The van der Waals surface area contributed by atoms with Crippen LogP contribution in [-0.2, 0) is 53.1 Å². The number of carbonyl (C=O) groups is 1. The summed E-state index contributed by atoms with van der Waals surface area (Å²) in [6.07, 6.45) is -1.24. The van der Waals surface area contributed by atoms with Crippen LogP contribution in [0.5, 0.6) is 0 Å². The second-order valence-corrected chi connectivity index (χ2v) is 9.63. The molecule has 0 saturated heterocycles. The molecule has 0 spiro atoms. The molecule has 0 bridgehead atoms. The number of benzene rings is 3. The zero-order chi connectivity index (χ0) is 24.9. The lowest BCUT2D eigenvalue weighted by molar-refractivity contribution is -0.163. The van der Waals surface area contributed by atoms with Crippen molar-refractivity contribution in [3.63, 3.8) is 0 Å². The maximum absolute atomic E-state index is 12.1. The van der Waals surface area contributed by atoms with E-state index in [9.17, 15) is 13.2 Å². The van der Waals surface area contributed by atoms with E-state index in [-0.39, 0.29) is 26.4 Å². The van der Waals surface area contributed by atoms with E-state index in [0.29, 0.717) is 6.29 Å². The first-order valence-corrected chi connectivity index (χ1v) is 13.0. The molecule has 0 aliphatic rings. The second kappa shape index (κ2) is 13.9. The largest absolute Gasteiger partial charge is 0.368 e. The number of rotatable bonds is 15. The van der Waals surface area contributed by atoms with Gasteiger partial charge in [0.15, 0.2) is 6.29 Å². The minimum Gasteiger partial charge on any atom is -0.368 e. The zero-order valence-corrected chi connectivity index (χ0v) is 20.4. The Balaban J connectivity index is 1.82. The maximum atomic E-state index is 12.1. The predicted molar refractivity (Wildman–Crippen MR) is 132 cm³/mol. The molecule has 186 valence electrons. The fourth-order valence-corrected chi connectivity index (χ4v) is 3.75. The third kappa shape index (κ3) is 9.71. The van der Waals surface area contributed by atoms with Crippen LogP contribution in [0.3, 0.4) is 0 Å². The molecule has 0 aromatic heterocycles. The summed E-state index contributed by atoms with van der Waals surface area (Å²) in [5.74, 6) is 0. The summed E-state index contributed by atoms with van der Waals surface area (Å²) in [6, 6.07) is 28.3. The van der Waals surface area contributed by atoms with E-state index in [4.69, 9.17) is 18.4 Å². The van der Waals surface area contributed by atoms with Crippen LogP contribution in [-0.4, -0.2) is 45.9 Å². The minimum atomic E-state index is -3.76. The molecule has 7 nitrogen and oxygen atoms in total. The Bertz CT molecular complexity index is 1110.